The predicted octanol–water partition coefficient (Wildman–Crippen LogP) is 9.38. The van der Waals surface area contributed by atoms with Crippen molar-refractivity contribution in [3.8, 4) is 33.4 Å². The molecule has 0 amide bonds. The van der Waals surface area contributed by atoms with Crippen molar-refractivity contribution >= 4 is 9.03 Å². The van der Waals surface area contributed by atoms with Crippen molar-refractivity contribution in [2.45, 2.75) is 66.2 Å². The van der Waals surface area contributed by atoms with Crippen LogP contribution in [0.15, 0.2) is 84.9 Å². The summed E-state index contributed by atoms with van der Waals surface area (Å²) in [5.74, 6) is 0. The van der Waals surface area contributed by atoms with Crippen LogP contribution in [-0.4, -0.2) is 9.79 Å². The fourth-order valence-electron chi connectivity index (χ4n) is 5.17. The van der Waals surface area contributed by atoms with Crippen LogP contribution >= 0.6 is 9.03 Å². The van der Waals surface area contributed by atoms with E-state index in [0.717, 1.165) is 0 Å². The van der Waals surface area contributed by atoms with E-state index in [9.17, 15) is 0 Å². The van der Waals surface area contributed by atoms with Gasteiger partial charge in [-0.15, -0.1) is 0 Å². The predicted molar refractivity (Wildman–Crippen MR) is 162 cm³/mol. The molecular formula is C34H41O2P. The summed E-state index contributed by atoms with van der Waals surface area (Å²) in [7, 11) is -0.917. The van der Waals surface area contributed by atoms with Crippen LogP contribution in [0.4, 0.5) is 0 Å². The molecule has 4 aromatic carbocycles. The number of benzene rings is 4. The van der Waals surface area contributed by atoms with Crippen molar-refractivity contribution < 1.29 is 9.79 Å². The van der Waals surface area contributed by atoms with Crippen molar-refractivity contribution in [2.24, 2.45) is 0 Å². The maximum Gasteiger partial charge on any atom is 0.149 e. The van der Waals surface area contributed by atoms with E-state index in [2.05, 4.69) is 140 Å². The highest BCUT2D eigenvalue weighted by Gasteiger charge is 2.24. The Morgan fingerprint density at radius 2 is 0.757 bits per heavy atom. The standard InChI is InChI=1S/C34H38.H3O2P/c1-23-15-13-21-29(33(3,4)5)31(23)27-19-11-9-17-25(27)26-18-10-12-20-28(26)32-24(2)16-14-22-30(32)34(6,7)8;1-3-2/h9-22H,1-8H3;1-3H. The van der Waals surface area contributed by atoms with Crippen molar-refractivity contribution in [1.82, 2.24) is 0 Å². The molecule has 3 heteroatoms. The van der Waals surface area contributed by atoms with Crippen molar-refractivity contribution in [1.29, 1.82) is 0 Å². The molecule has 0 aliphatic heterocycles. The molecule has 37 heavy (non-hydrogen) atoms. The van der Waals surface area contributed by atoms with E-state index in [1.54, 1.807) is 0 Å². The van der Waals surface area contributed by atoms with E-state index in [1.165, 1.54) is 55.6 Å². The number of hydrogen-bond donors (Lipinski definition) is 2. The molecule has 0 unspecified atom stereocenters. The second kappa shape index (κ2) is 11.7. The summed E-state index contributed by atoms with van der Waals surface area (Å²) < 4.78 is 0. The minimum Gasteiger partial charge on any atom is -0.352 e. The van der Waals surface area contributed by atoms with E-state index in [0.29, 0.717) is 0 Å². The maximum absolute atomic E-state index is 7.15. The molecule has 0 spiro atoms. The molecule has 2 nitrogen and oxygen atoms in total. The van der Waals surface area contributed by atoms with Gasteiger partial charge in [-0.2, -0.15) is 0 Å². The van der Waals surface area contributed by atoms with Crippen LogP contribution in [0.25, 0.3) is 33.4 Å². The van der Waals surface area contributed by atoms with Gasteiger partial charge in [-0.3, -0.25) is 0 Å². The zero-order valence-electron chi connectivity index (χ0n) is 23.5. The highest BCUT2D eigenvalue weighted by molar-refractivity contribution is 7.23. The normalized spacial score (nSPS) is 11.6. The lowest BCUT2D eigenvalue weighted by atomic mass is 9.76. The van der Waals surface area contributed by atoms with Crippen LogP contribution in [-0.2, 0) is 10.8 Å². The summed E-state index contributed by atoms with van der Waals surface area (Å²) in [6, 6.07) is 31.3. The smallest absolute Gasteiger partial charge is 0.149 e. The third-order valence-electron chi connectivity index (χ3n) is 6.84. The second-order valence-corrected chi connectivity index (χ2v) is 11.9. The van der Waals surface area contributed by atoms with E-state index < -0.39 is 9.03 Å². The minimum absolute atomic E-state index is 0.0589. The summed E-state index contributed by atoms with van der Waals surface area (Å²) in [6.07, 6.45) is 0. The van der Waals surface area contributed by atoms with Crippen molar-refractivity contribution in [2.75, 3.05) is 0 Å². The van der Waals surface area contributed by atoms with Gasteiger partial charge in [0.05, 0.1) is 0 Å². The third-order valence-corrected chi connectivity index (χ3v) is 6.84. The molecule has 0 aromatic heterocycles. The SMILES string of the molecule is Cc1cccc(C(C)(C)C)c1-c1ccccc1-c1ccccc1-c1c(C)cccc1C(C)(C)C.OPO. The van der Waals surface area contributed by atoms with E-state index in [1.807, 2.05) is 0 Å². The van der Waals surface area contributed by atoms with E-state index in [-0.39, 0.29) is 10.8 Å². The molecule has 0 saturated carbocycles. The Hall–Kier alpha value is -2.77. The Balaban J connectivity index is 0.00000121. The Bertz CT molecular complexity index is 1250. The quantitative estimate of drug-likeness (QED) is 0.268. The molecule has 2 N–H and O–H groups in total. The fraction of sp³-hybridized carbons (Fsp3) is 0.294. The summed E-state index contributed by atoms with van der Waals surface area (Å²) >= 11 is 0. The maximum atomic E-state index is 7.15. The Labute approximate surface area is 225 Å². The van der Waals surface area contributed by atoms with Gasteiger partial charge in [-0.05, 0) is 80.3 Å². The van der Waals surface area contributed by atoms with Gasteiger partial charge in [-0.25, -0.2) is 0 Å². The lowest BCUT2D eigenvalue weighted by molar-refractivity contribution is 0.513. The molecule has 0 heterocycles. The first-order valence-corrected chi connectivity index (χ1v) is 13.7. The van der Waals surface area contributed by atoms with Gasteiger partial charge in [-0.1, -0.05) is 126 Å². The molecule has 0 bridgehead atoms. The highest BCUT2D eigenvalue weighted by atomic mass is 31.1. The van der Waals surface area contributed by atoms with Gasteiger partial charge in [0.1, 0.15) is 9.03 Å². The van der Waals surface area contributed by atoms with Crippen LogP contribution in [0.5, 0.6) is 0 Å². The first-order valence-electron chi connectivity index (χ1n) is 12.8. The molecule has 0 saturated heterocycles. The van der Waals surface area contributed by atoms with Gasteiger partial charge in [0.15, 0.2) is 0 Å². The number of aryl methyl sites for hydroxylation is 2. The van der Waals surface area contributed by atoms with Crippen molar-refractivity contribution in [3.05, 3.63) is 107 Å². The monoisotopic (exact) mass is 512 g/mol. The number of rotatable bonds is 3. The Morgan fingerprint density at radius 1 is 0.459 bits per heavy atom. The first-order chi connectivity index (χ1) is 17.4. The average Bonchev–Trinajstić information content (AvgIpc) is 2.83. The summed E-state index contributed by atoms with van der Waals surface area (Å²) in [5, 5.41) is 0. The number of hydrogen-bond acceptors (Lipinski definition) is 2. The van der Waals surface area contributed by atoms with Gasteiger partial charge in [0, 0.05) is 0 Å². The second-order valence-electron chi connectivity index (χ2n) is 11.7. The Kier molecular flexibility index (Phi) is 9.13. The fourth-order valence-corrected chi connectivity index (χ4v) is 5.17. The van der Waals surface area contributed by atoms with E-state index >= 15 is 0 Å². The van der Waals surface area contributed by atoms with Crippen LogP contribution in [0, 0.1) is 13.8 Å². The van der Waals surface area contributed by atoms with Crippen molar-refractivity contribution in [3.63, 3.8) is 0 Å². The summed E-state index contributed by atoms with van der Waals surface area (Å²) in [4.78, 5) is 14.3. The van der Waals surface area contributed by atoms with E-state index in [4.69, 9.17) is 9.79 Å². The molecular weight excluding hydrogens is 471 g/mol. The molecule has 0 aliphatic carbocycles. The highest BCUT2D eigenvalue weighted by Crippen LogP contribution is 2.45. The van der Waals surface area contributed by atoms with Crippen LogP contribution in [0.3, 0.4) is 0 Å². The van der Waals surface area contributed by atoms with Crippen LogP contribution in [0.1, 0.15) is 63.8 Å². The molecule has 0 radical (unpaired) electrons. The zero-order chi connectivity index (χ0) is 27.4. The molecule has 194 valence electrons. The molecule has 0 atom stereocenters. The molecule has 0 aliphatic rings. The third kappa shape index (κ3) is 6.39. The van der Waals surface area contributed by atoms with Gasteiger partial charge < -0.3 is 9.79 Å². The summed E-state index contributed by atoms with van der Waals surface area (Å²) in [5.41, 5.74) is 13.5. The summed E-state index contributed by atoms with van der Waals surface area (Å²) in [6.45, 7) is 18.3. The van der Waals surface area contributed by atoms with Gasteiger partial charge >= 0.3 is 0 Å². The first kappa shape index (κ1) is 28.8. The molecule has 4 rings (SSSR count). The lowest BCUT2D eigenvalue weighted by Gasteiger charge is -2.27. The van der Waals surface area contributed by atoms with Gasteiger partial charge in [0.25, 0.3) is 0 Å². The zero-order valence-corrected chi connectivity index (χ0v) is 24.5. The molecule has 4 aromatic rings. The largest absolute Gasteiger partial charge is 0.352 e. The van der Waals surface area contributed by atoms with Gasteiger partial charge in [0.2, 0.25) is 0 Å². The lowest BCUT2D eigenvalue weighted by Crippen LogP contribution is -2.14. The van der Waals surface area contributed by atoms with Crippen LogP contribution in [0.2, 0.25) is 0 Å². The van der Waals surface area contributed by atoms with Crippen LogP contribution < -0.4 is 0 Å². The molecule has 0 fully saturated rings. The Morgan fingerprint density at radius 3 is 1.05 bits per heavy atom. The average molecular weight is 513 g/mol. The minimum atomic E-state index is -0.917. The topological polar surface area (TPSA) is 40.5 Å².